The van der Waals surface area contributed by atoms with E-state index in [9.17, 15) is 0 Å². The molecule has 1 N–H and O–H groups in total. The summed E-state index contributed by atoms with van der Waals surface area (Å²) in [7, 11) is 0. The summed E-state index contributed by atoms with van der Waals surface area (Å²) >= 11 is 0. The van der Waals surface area contributed by atoms with Gasteiger partial charge in [-0.2, -0.15) is 5.26 Å². The molecule has 0 bridgehead atoms. The van der Waals surface area contributed by atoms with E-state index in [0.29, 0.717) is 11.9 Å². The topological polar surface area (TPSA) is 48.2 Å². The first-order valence-electron chi connectivity index (χ1n) is 7.24. The smallest absolute Gasteiger partial charge is 0.182 e. The van der Waals surface area contributed by atoms with Crippen LogP contribution in [0.15, 0.2) is 41.4 Å². The van der Waals surface area contributed by atoms with Gasteiger partial charge < -0.3 is 0 Å². The van der Waals surface area contributed by atoms with Gasteiger partial charge in [0.05, 0.1) is 6.04 Å². The van der Waals surface area contributed by atoms with Crippen molar-refractivity contribution in [2.24, 2.45) is 10.9 Å². The number of benzene rings is 1. The largest absolute Gasteiger partial charge is 0.277 e. The van der Waals surface area contributed by atoms with Gasteiger partial charge in [-0.05, 0) is 30.4 Å². The van der Waals surface area contributed by atoms with Crippen LogP contribution in [0, 0.1) is 17.4 Å². The molecule has 0 aliphatic heterocycles. The molecule has 3 heteroatoms. The Hall–Kier alpha value is -2.08. The Morgan fingerprint density at radius 2 is 2.15 bits per heavy atom. The third kappa shape index (κ3) is 4.55. The molecule has 0 heterocycles. The van der Waals surface area contributed by atoms with E-state index in [-0.39, 0.29) is 0 Å². The van der Waals surface area contributed by atoms with Crippen molar-refractivity contribution < 1.29 is 0 Å². The molecule has 3 nitrogen and oxygen atoms in total. The molecule has 1 fully saturated rings. The van der Waals surface area contributed by atoms with E-state index in [1.54, 1.807) is 0 Å². The summed E-state index contributed by atoms with van der Waals surface area (Å²) in [4.78, 5) is 4.69. The maximum Gasteiger partial charge on any atom is 0.182 e. The van der Waals surface area contributed by atoms with Crippen molar-refractivity contribution in [3.63, 3.8) is 0 Å². The Labute approximate surface area is 121 Å². The zero-order valence-corrected chi connectivity index (χ0v) is 11.9. The van der Waals surface area contributed by atoms with Crippen LogP contribution in [-0.4, -0.2) is 11.9 Å². The molecule has 0 aromatic heterocycles. The highest BCUT2D eigenvalue weighted by atomic mass is 15.0. The lowest BCUT2D eigenvalue weighted by atomic mass is 9.87. The van der Waals surface area contributed by atoms with Crippen LogP contribution in [-0.2, 0) is 0 Å². The average molecular weight is 267 g/mol. The molecule has 1 aromatic carbocycles. The summed E-state index contributed by atoms with van der Waals surface area (Å²) in [5, 5.41) is 11.5. The van der Waals surface area contributed by atoms with Crippen molar-refractivity contribution in [3.05, 3.63) is 42.0 Å². The molecule has 0 radical (unpaired) electrons. The van der Waals surface area contributed by atoms with Gasteiger partial charge in [-0.3, -0.25) is 10.3 Å². The van der Waals surface area contributed by atoms with Crippen molar-refractivity contribution in [1.82, 2.24) is 5.32 Å². The van der Waals surface area contributed by atoms with E-state index < -0.39 is 0 Å². The van der Waals surface area contributed by atoms with Crippen LogP contribution in [0.2, 0.25) is 0 Å². The Bertz CT molecular complexity index is 511. The van der Waals surface area contributed by atoms with Crippen LogP contribution < -0.4 is 5.32 Å². The van der Waals surface area contributed by atoms with Gasteiger partial charge in [0.2, 0.25) is 0 Å². The predicted molar refractivity (Wildman–Crippen MR) is 83.1 cm³/mol. The fraction of sp³-hybridized carbons (Fsp3) is 0.412. The predicted octanol–water partition coefficient (Wildman–Crippen LogP) is 3.75. The second-order valence-electron chi connectivity index (χ2n) is 5.42. The Morgan fingerprint density at radius 1 is 1.35 bits per heavy atom. The van der Waals surface area contributed by atoms with E-state index in [1.807, 2.05) is 48.7 Å². The lowest BCUT2D eigenvalue weighted by Gasteiger charge is -2.23. The highest BCUT2D eigenvalue weighted by molar-refractivity contribution is 5.97. The van der Waals surface area contributed by atoms with Crippen molar-refractivity contribution in [2.75, 3.05) is 0 Å². The zero-order valence-electron chi connectivity index (χ0n) is 11.9. The van der Waals surface area contributed by atoms with E-state index in [1.165, 1.54) is 12.8 Å². The molecule has 104 valence electrons. The monoisotopic (exact) mass is 267 g/mol. The number of hydrogen-bond donors (Lipinski definition) is 1. The standard InChI is InChI=1S/C17H21N3/c1-14-6-5-9-16(12-14)20-17(19-13-18)11-10-15-7-3-2-4-8-15/h2-4,7-8,10-11,14,16H,5-6,9,12H2,1H3,(H,19,20)/b11-10+. The molecule has 0 saturated heterocycles. The molecular weight excluding hydrogens is 246 g/mol. The number of amidine groups is 1. The van der Waals surface area contributed by atoms with Gasteiger partial charge in [-0.1, -0.05) is 56.2 Å². The maximum absolute atomic E-state index is 8.84. The number of nitrogens with one attached hydrogen (secondary N) is 1. The number of aliphatic imine (C=N–C) groups is 1. The summed E-state index contributed by atoms with van der Waals surface area (Å²) in [6, 6.07) is 10.4. The highest BCUT2D eigenvalue weighted by Gasteiger charge is 2.18. The molecule has 2 atom stereocenters. The lowest BCUT2D eigenvalue weighted by Crippen LogP contribution is -2.22. The van der Waals surface area contributed by atoms with Crippen LogP contribution in [0.25, 0.3) is 6.08 Å². The van der Waals surface area contributed by atoms with E-state index in [0.717, 1.165) is 24.3 Å². The van der Waals surface area contributed by atoms with Crippen molar-refractivity contribution in [2.45, 2.75) is 38.6 Å². The van der Waals surface area contributed by atoms with E-state index in [4.69, 9.17) is 5.26 Å². The summed E-state index contributed by atoms with van der Waals surface area (Å²) in [6.07, 6.45) is 10.6. The van der Waals surface area contributed by atoms with Gasteiger partial charge in [0.25, 0.3) is 0 Å². The van der Waals surface area contributed by atoms with Gasteiger partial charge in [-0.25, -0.2) is 0 Å². The second kappa shape index (κ2) is 7.49. The summed E-state index contributed by atoms with van der Waals surface area (Å²) < 4.78 is 0. The minimum Gasteiger partial charge on any atom is -0.277 e. The molecule has 1 saturated carbocycles. The van der Waals surface area contributed by atoms with Crippen LogP contribution in [0.4, 0.5) is 0 Å². The molecule has 1 aliphatic rings. The van der Waals surface area contributed by atoms with Crippen molar-refractivity contribution >= 4 is 11.9 Å². The van der Waals surface area contributed by atoms with E-state index in [2.05, 4.69) is 17.2 Å². The molecule has 2 unspecified atom stereocenters. The Morgan fingerprint density at radius 3 is 2.85 bits per heavy atom. The van der Waals surface area contributed by atoms with Crippen LogP contribution in [0.1, 0.15) is 38.2 Å². The third-order valence-corrected chi connectivity index (χ3v) is 3.65. The Kier molecular flexibility index (Phi) is 5.37. The summed E-state index contributed by atoms with van der Waals surface area (Å²) in [5.74, 6) is 1.40. The normalized spacial score (nSPS) is 23.5. The summed E-state index contributed by atoms with van der Waals surface area (Å²) in [5.41, 5.74) is 1.11. The SMILES string of the molecule is CC1CCCC(N=C(/C=C/c2ccccc2)NC#N)C1. The fourth-order valence-electron chi connectivity index (χ4n) is 2.63. The van der Waals surface area contributed by atoms with Crippen molar-refractivity contribution in [3.8, 4) is 6.19 Å². The van der Waals surface area contributed by atoms with Crippen molar-refractivity contribution in [1.29, 1.82) is 5.26 Å². The molecule has 1 aromatic rings. The number of nitriles is 1. The number of rotatable bonds is 3. The molecule has 20 heavy (non-hydrogen) atoms. The average Bonchev–Trinajstić information content (AvgIpc) is 2.46. The first-order chi connectivity index (χ1) is 9.78. The number of nitrogens with zero attached hydrogens (tertiary/aromatic N) is 2. The highest BCUT2D eigenvalue weighted by Crippen LogP contribution is 2.25. The number of hydrogen-bond acceptors (Lipinski definition) is 2. The van der Waals surface area contributed by atoms with Gasteiger partial charge in [0.15, 0.2) is 6.19 Å². The molecule has 1 aliphatic carbocycles. The quantitative estimate of drug-likeness (QED) is 0.392. The Balaban J connectivity index is 2.06. The van der Waals surface area contributed by atoms with Crippen LogP contribution in [0.5, 0.6) is 0 Å². The summed E-state index contributed by atoms with van der Waals surface area (Å²) in [6.45, 7) is 2.28. The van der Waals surface area contributed by atoms with Gasteiger partial charge in [-0.15, -0.1) is 0 Å². The molecular formula is C17H21N3. The van der Waals surface area contributed by atoms with Crippen LogP contribution >= 0.6 is 0 Å². The molecule has 2 rings (SSSR count). The van der Waals surface area contributed by atoms with Gasteiger partial charge in [0, 0.05) is 0 Å². The third-order valence-electron chi connectivity index (χ3n) is 3.65. The zero-order chi connectivity index (χ0) is 14.2. The minimum atomic E-state index is 0.343. The molecule has 0 amide bonds. The second-order valence-corrected chi connectivity index (χ2v) is 5.42. The maximum atomic E-state index is 8.84. The minimum absolute atomic E-state index is 0.343. The molecule has 0 spiro atoms. The fourth-order valence-corrected chi connectivity index (χ4v) is 2.63. The van der Waals surface area contributed by atoms with Gasteiger partial charge >= 0.3 is 0 Å². The van der Waals surface area contributed by atoms with E-state index >= 15 is 0 Å². The lowest BCUT2D eigenvalue weighted by molar-refractivity contribution is 0.345. The van der Waals surface area contributed by atoms with Gasteiger partial charge in [0.1, 0.15) is 5.84 Å². The van der Waals surface area contributed by atoms with Crippen LogP contribution in [0.3, 0.4) is 0 Å². The first-order valence-corrected chi connectivity index (χ1v) is 7.24. The first kappa shape index (κ1) is 14.3.